The molecule has 0 aliphatic carbocycles. The van der Waals surface area contributed by atoms with Gasteiger partial charge in [0.2, 0.25) is 0 Å². The van der Waals surface area contributed by atoms with E-state index in [0.717, 1.165) is 11.1 Å². The monoisotopic (exact) mass is 446 g/mol. The van der Waals surface area contributed by atoms with Crippen LogP contribution in [0.3, 0.4) is 0 Å². The Balaban J connectivity index is 1.90. The van der Waals surface area contributed by atoms with Crippen molar-refractivity contribution in [1.82, 2.24) is 5.32 Å². The van der Waals surface area contributed by atoms with Crippen LogP contribution in [0.1, 0.15) is 21.5 Å². The summed E-state index contributed by atoms with van der Waals surface area (Å²) in [6.45, 7) is 1.96. The van der Waals surface area contributed by atoms with Crippen molar-refractivity contribution in [3.8, 4) is 17.2 Å². The number of methoxy groups -OCH3 is 3. The molecule has 3 rings (SSSR count). The summed E-state index contributed by atoms with van der Waals surface area (Å²) >= 11 is 0. The van der Waals surface area contributed by atoms with Crippen LogP contribution in [0.5, 0.6) is 17.2 Å². The van der Waals surface area contributed by atoms with Crippen molar-refractivity contribution in [3.05, 3.63) is 89.1 Å². The summed E-state index contributed by atoms with van der Waals surface area (Å²) in [6, 6.07) is 19.3. The van der Waals surface area contributed by atoms with Crippen LogP contribution in [0.2, 0.25) is 0 Å². The average molecular weight is 447 g/mol. The highest BCUT2D eigenvalue weighted by molar-refractivity contribution is 6.10. The summed E-state index contributed by atoms with van der Waals surface area (Å²) in [6.07, 6.45) is 1.60. The number of carbonyl (C=O) groups is 2. The van der Waals surface area contributed by atoms with Gasteiger partial charge in [0.15, 0.2) is 11.5 Å². The predicted molar refractivity (Wildman–Crippen MR) is 128 cm³/mol. The molecule has 0 aliphatic heterocycles. The first-order valence-electron chi connectivity index (χ1n) is 10.2. The fourth-order valence-electron chi connectivity index (χ4n) is 3.03. The SMILES string of the molecule is COc1ccc(C=C(NC(=O)c2ccc(OC)c(OC)c2)C(=O)Nc2ccc(C)cc2)cc1. The molecule has 0 bridgehead atoms. The third-order valence-corrected chi connectivity index (χ3v) is 4.87. The largest absolute Gasteiger partial charge is 0.497 e. The van der Waals surface area contributed by atoms with Crippen molar-refractivity contribution in [1.29, 1.82) is 0 Å². The van der Waals surface area contributed by atoms with Crippen molar-refractivity contribution < 1.29 is 23.8 Å². The summed E-state index contributed by atoms with van der Waals surface area (Å²) in [5, 5.41) is 5.53. The molecule has 0 unspecified atom stereocenters. The van der Waals surface area contributed by atoms with Crippen LogP contribution in [-0.2, 0) is 4.79 Å². The summed E-state index contributed by atoms with van der Waals surface area (Å²) in [4.78, 5) is 26.0. The molecule has 0 spiro atoms. The predicted octanol–water partition coefficient (Wildman–Crippen LogP) is 4.43. The van der Waals surface area contributed by atoms with Crippen molar-refractivity contribution in [2.75, 3.05) is 26.6 Å². The Hall–Kier alpha value is -4.26. The minimum atomic E-state index is -0.463. The maximum absolute atomic E-state index is 13.1. The van der Waals surface area contributed by atoms with Crippen LogP contribution in [0.25, 0.3) is 6.08 Å². The van der Waals surface area contributed by atoms with E-state index in [1.54, 1.807) is 67.8 Å². The molecule has 0 atom stereocenters. The number of aryl methyl sites for hydroxylation is 1. The van der Waals surface area contributed by atoms with Gasteiger partial charge in [0, 0.05) is 11.3 Å². The number of hydrogen-bond acceptors (Lipinski definition) is 5. The van der Waals surface area contributed by atoms with Crippen LogP contribution in [0.4, 0.5) is 5.69 Å². The smallest absolute Gasteiger partial charge is 0.272 e. The van der Waals surface area contributed by atoms with Crippen LogP contribution in [0.15, 0.2) is 72.4 Å². The van der Waals surface area contributed by atoms with Crippen LogP contribution >= 0.6 is 0 Å². The molecular weight excluding hydrogens is 420 g/mol. The topological polar surface area (TPSA) is 85.9 Å². The Bertz CT molecular complexity index is 1150. The Morgan fingerprint density at radius 2 is 1.45 bits per heavy atom. The van der Waals surface area contributed by atoms with Crippen LogP contribution in [0, 0.1) is 6.92 Å². The second-order valence-electron chi connectivity index (χ2n) is 7.18. The van der Waals surface area contributed by atoms with Crippen molar-refractivity contribution >= 4 is 23.6 Å². The molecule has 0 fully saturated rings. The van der Waals surface area contributed by atoms with E-state index < -0.39 is 11.8 Å². The van der Waals surface area contributed by atoms with Gasteiger partial charge in [-0.15, -0.1) is 0 Å². The maximum Gasteiger partial charge on any atom is 0.272 e. The van der Waals surface area contributed by atoms with Gasteiger partial charge in [-0.1, -0.05) is 29.8 Å². The van der Waals surface area contributed by atoms with Gasteiger partial charge in [-0.3, -0.25) is 9.59 Å². The summed E-state index contributed by atoms with van der Waals surface area (Å²) in [5.74, 6) is 0.681. The standard InChI is InChI=1S/C26H26N2O5/c1-17-5-10-20(11-6-17)27-26(30)22(15-18-7-12-21(31-2)13-8-18)28-25(29)19-9-14-23(32-3)24(16-19)33-4/h5-16H,1-4H3,(H,27,30)(H,28,29). The van der Waals surface area contributed by atoms with Crippen molar-refractivity contribution in [2.24, 2.45) is 0 Å². The number of anilines is 1. The van der Waals surface area contributed by atoms with Gasteiger partial charge in [-0.2, -0.15) is 0 Å². The molecule has 0 heterocycles. The molecule has 0 radical (unpaired) electrons. The second kappa shape index (κ2) is 10.9. The van der Waals surface area contributed by atoms with Crippen LogP contribution in [-0.4, -0.2) is 33.1 Å². The Kier molecular flexibility index (Phi) is 7.70. The third kappa shape index (κ3) is 6.13. The number of nitrogens with one attached hydrogen (secondary N) is 2. The van der Waals surface area contributed by atoms with E-state index in [-0.39, 0.29) is 5.70 Å². The molecule has 0 saturated heterocycles. The summed E-state index contributed by atoms with van der Waals surface area (Å²) < 4.78 is 15.7. The van der Waals surface area contributed by atoms with E-state index in [1.165, 1.54) is 14.2 Å². The van der Waals surface area contributed by atoms with E-state index in [2.05, 4.69) is 10.6 Å². The lowest BCUT2D eigenvalue weighted by molar-refractivity contribution is -0.113. The fourth-order valence-corrected chi connectivity index (χ4v) is 3.03. The highest BCUT2D eigenvalue weighted by Gasteiger charge is 2.17. The lowest BCUT2D eigenvalue weighted by Crippen LogP contribution is -2.30. The van der Waals surface area contributed by atoms with E-state index in [4.69, 9.17) is 14.2 Å². The van der Waals surface area contributed by atoms with E-state index in [0.29, 0.717) is 28.5 Å². The third-order valence-electron chi connectivity index (χ3n) is 4.87. The van der Waals surface area contributed by atoms with E-state index in [9.17, 15) is 9.59 Å². The lowest BCUT2D eigenvalue weighted by Gasteiger charge is -2.13. The highest BCUT2D eigenvalue weighted by Crippen LogP contribution is 2.27. The first-order valence-corrected chi connectivity index (χ1v) is 10.2. The zero-order chi connectivity index (χ0) is 23.8. The van der Waals surface area contributed by atoms with Crippen molar-refractivity contribution in [3.63, 3.8) is 0 Å². The average Bonchev–Trinajstić information content (AvgIpc) is 2.84. The molecule has 0 aromatic heterocycles. The van der Waals surface area contributed by atoms with Gasteiger partial charge >= 0.3 is 0 Å². The van der Waals surface area contributed by atoms with Gasteiger partial charge < -0.3 is 24.8 Å². The first-order chi connectivity index (χ1) is 15.9. The molecule has 3 aromatic rings. The molecule has 33 heavy (non-hydrogen) atoms. The van der Waals surface area contributed by atoms with Crippen LogP contribution < -0.4 is 24.8 Å². The normalized spacial score (nSPS) is 10.8. The Morgan fingerprint density at radius 1 is 0.788 bits per heavy atom. The number of carbonyl (C=O) groups excluding carboxylic acids is 2. The molecule has 3 aromatic carbocycles. The molecule has 7 heteroatoms. The first kappa shape index (κ1) is 23.4. The Labute approximate surface area is 193 Å². The highest BCUT2D eigenvalue weighted by atomic mass is 16.5. The molecule has 0 saturated carbocycles. The minimum absolute atomic E-state index is 0.0838. The number of benzene rings is 3. The lowest BCUT2D eigenvalue weighted by atomic mass is 10.1. The van der Waals surface area contributed by atoms with Gasteiger partial charge in [0.25, 0.3) is 11.8 Å². The maximum atomic E-state index is 13.1. The van der Waals surface area contributed by atoms with Gasteiger partial charge in [-0.25, -0.2) is 0 Å². The minimum Gasteiger partial charge on any atom is -0.497 e. The molecule has 2 amide bonds. The number of amides is 2. The quantitative estimate of drug-likeness (QED) is 0.500. The van der Waals surface area contributed by atoms with E-state index >= 15 is 0 Å². The molecular formula is C26H26N2O5. The number of rotatable bonds is 8. The zero-order valence-corrected chi connectivity index (χ0v) is 19.0. The van der Waals surface area contributed by atoms with E-state index in [1.807, 2.05) is 19.1 Å². The molecule has 7 nitrogen and oxygen atoms in total. The zero-order valence-electron chi connectivity index (χ0n) is 19.0. The summed E-state index contributed by atoms with van der Waals surface area (Å²) in [5.41, 5.74) is 2.81. The summed E-state index contributed by atoms with van der Waals surface area (Å²) in [7, 11) is 4.58. The van der Waals surface area contributed by atoms with Gasteiger partial charge in [-0.05, 0) is 61.0 Å². The molecule has 0 aliphatic rings. The second-order valence-corrected chi connectivity index (χ2v) is 7.18. The van der Waals surface area contributed by atoms with Gasteiger partial charge in [0.05, 0.1) is 21.3 Å². The Morgan fingerprint density at radius 3 is 2.06 bits per heavy atom. The fraction of sp³-hybridized carbons (Fsp3) is 0.154. The number of hydrogen-bond donors (Lipinski definition) is 2. The molecule has 2 N–H and O–H groups in total. The number of ether oxygens (including phenoxy) is 3. The van der Waals surface area contributed by atoms with Crippen molar-refractivity contribution in [2.45, 2.75) is 6.92 Å². The molecule has 170 valence electrons. The van der Waals surface area contributed by atoms with Gasteiger partial charge in [0.1, 0.15) is 11.4 Å².